The van der Waals surface area contributed by atoms with E-state index in [4.69, 9.17) is 9.47 Å². The summed E-state index contributed by atoms with van der Waals surface area (Å²) in [5.74, 6) is -4.87. The third-order valence-corrected chi connectivity index (χ3v) is 9.17. The predicted molar refractivity (Wildman–Crippen MR) is 197 cm³/mol. The largest absolute Gasteiger partial charge is 0.496 e. The van der Waals surface area contributed by atoms with E-state index in [2.05, 4.69) is 5.32 Å². The third-order valence-electron chi connectivity index (χ3n) is 9.17. The Labute approximate surface area is 304 Å². The lowest BCUT2D eigenvalue weighted by molar-refractivity contribution is -0.118. The molecular formula is C41H49NO10. The summed E-state index contributed by atoms with van der Waals surface area (Å²) in [6.45, 7) is 10.0. The zero-order valence-electron chi connectivity index (χ0n) is 30.9. The van der Waals surface area contributed by atoms with Crippen LogP contribution in [0.1, 0.15) is 84.1 Å². The quantitative estimate of drug-likeness (QED) is 0.240. The molecule has 1 aromatic rings. The Morgan fingerprint density at radius 1 is 0.846 bits per heavy atom. The molecule has 1 amide bonds. The average Bonchev–Trinajstić information content (AvgIpc) is 3.11. The molecule has 1 aliphatic carbocycles. The first-order valence-corrected chi connectivity index (χ1v) is 17.1. The first-order chi connectivity index (χ1) is 24.5. The molecule has 11 nitrogen and oxygen atoms in total. The Kier molecular flexibility index (Phi) is 14.7. The van der Waals surface area contributed by atoms with E-state index in [0.29, 0.717) is 11.1 Å². The van der Waals surface area contributed by atoms with Gasteiger partial charge < -0.3 is 30.1 Å². The number of amides is 1. The van der Waals surface area contributed by atoms with Crippen LogP contribution in [0.2, 0.25) is 0 Å². The van der Waals surface area contributed by atoms with Crippen molar-refractivity contribution in [3.63, 3.8) is 0 Å². The Morgan fingerprint density at radius 3 is 2.17 bits per heavy atom. The van der Waals surface area contributed by atoms with Crippen LogP contribution in [0.3, 0.4) is 0 Å². The second-order valence-corrected chi connectivity index (χ2v) is 13.2. The number of hydrogen-bond acceptors (Lipinski definition) is 10. The van der Waals surface area contributed by atoms with Crippen LogP contribution in [0.15, 0.2) is 89.4 Å². The predicted octanol–water partition coefficient (Wildman–Crippen LogP) is 5.01. The monoisotopic (exact) mass is 719 g/mol. The molecule has 11 heteroatoms. The highest BCUT2D eigenvalue weighted by atomic mass is 18.3. The molecule has 0 fully saturated rings. The Bertz CT molecular complexity index is 1800. The molecule has 4 bridgehead atoms. The average molecular weight is 720 g/mol. The summed E-state index contributed by atoms with van der Waals surface area (Å²) in [5, 5.41) is 34.7. The van der Waals surface area contributed by atoms with Crippen molar-refractivity contribution >= 4 is 29.0 Å². The zero-order chi connectivity index (χ0) is 38.9. The van der Waals surface area contributed by atoms with Gasteiger partial charge in [-0.15, -0.1) is 0 Å². The second kappa shape index (κ2) is 18.5. The van der Waals surface area contributed by atoms with Crippen LogP contribution >= 0.6 is 0 Å². The lowest BCUT2D eigenvalue weighted by atomic mass is 9.83. The summed E-state index contributed by atoms with van der Waals surface area (Å²) >= 11 is 0. The highest BCUT2D eigenvalue weighted by Gasteiger charge is 2.39. The Balaban J connectivity index is 2.11. The molecule has 6 atom stereocenters. The Morgan fingerprint density at radius 2 is 1.52 bits per heavy atom. The number of carbonyl (C=O) groups excluding carboxylic acids is 5. The van der Waals surface area contributed by atoms with E-state index in [-0.39, 0.29) is 58.3 Å². The van der Waals surface area contributed by atoms with Crippen molar-refractivity contribution in [2.75, 3.05) is 14.2 Å². The Hall–Kier alpha value is -4.97. The van der Waals surface area contributed by atoms with E-state index >= 15 is 0 Å². The molecule has 52 heavy (non-hydrogen) atoms. The van der Waals surface area contributed by atoms with Gasteiger partial charge in [-0.1, -0.05) is 75.5 Å². The number of hydrogen-bond donors (Lipinski definition) is 4. The number of rotatable bonds is 2. The number of aryl methyl sites for hydroxylation is 1. The lowest BCUT2D eigenvalue weighted by Gasteiger charge is -2.25. The summed E-state index contributed by atoms with van der Waals surface area (Å²) in [6.07, 6.45) is 12.6. The first kappa shape index (κ1) is 41.5. The summed E-state index contributed by atoms with van der Waals surface area (Å²) in [6, 6.07) is 1.43. The molecule has 0 saturated carbocycles. The van der Waals surface area contributed by atoms with Crippen molar-refractivity contribution in [2.45, 2.75) is 72.7 Å². The van der Waals surface area contributed by atoms with Gasteiger partial charge in [0, 0.05) is 35.8 Å². The van der Waals surface area contributed by atoms with Crippen LogP contribution in [0.25, 0.3) is 0 Å². The number of aliphatic hydroxyl groups is 3. The van der Waals surface area contributed by atoms with Crippen LogP contribution in [0.5, 0.6) is 5.75 Å². The number of Topliss-reactive ketones (excluding diaryl/α,β-unsaturated/α-hetero) is 4. The van der Waals surface area contributed by atoms with E-state index in [1.807, 2.05) is 0 Å². The molecule has 2 aliphatic heterocycles. The number of carbonyl (C=O) groups is 5. The van der Waals surface area contributed by atoms with Gasteiger partial charge in [0.25, 0.3) is 0 Å². The molecule has 0 aromatic heterocycles. The number of benzene rings is 1. The molecule has 278 valence electrons. The van der Waals surface area contributed by atoms with Crippen molar-refractivity contribution in [3.05, 3.63) is 112 Å². The molecular weight excluding hydrogens is 670 g/mol. The molecule has 0 saturated heterocycles. The van der Waals surface area contributed by atoms with Crippen molar-refractivity contribution in [1.29, 1.82) is 0 Å². The van der Waals surface area contributed by atoms with E-state index in [1.54, 1.807) is 77.2 Å². The zero-order valence-corrected chi connectivity index (χ0v) is 30.9. The minimum Gasteiger partial charge on any atom is -0.496 e. The van der Waals surface area contributed by atoms with Gasteiger partial charge in [-0.25, -0.2) is 0 Å². The van der Waals surface area contributed by atoms with Crippen LogP contribution in [-0.2, 0) is 14.3 Å². The number of allylic oxidation sites excluding steroid dienone is 8. The summed E-state index contributed by atoms with van der Waals surface area (Å²) in [7, 11) is 2.52. The summed E-state index contributed by atoms with van der Waals surface area (Å²) in [5.41, 5.74) is 0.126. The van der Waals surface area contributed by atoms with Gasteiger partial charge in [-0.05, 0) is 50.0 Å². The number of aliphatic hydroxyl groups excluding tert-OH is 3. The third kappa shape index (κ3) is 9.87. The van der Waals surface area contributed by atoms with E-state index < -0.39 is 59.2 Å². The second-order valence-electron chi connectivity index (χ2n) is 13.2. The minimum atomic E-state index is -0.978. The van der Waals surface area contributed by atoms with Crippen LogP contribution < -0.4 is 10.1 Å². The van der Waals surface area contributed by atoms with E-state index in [1.165, 1.54) is 39.4 Å². The maximum absolute atomic E-state index is 14.1. The van der Waals surface area contributed by atoms with Crippen molar-refractivity contribution < 1.29 is 48.8 Å². The number of ether oxygens (including phenoxy) is 2. The van der Waals surface area contributed by atoms with Crippen LogP contribution in [0.4, 0.5) is 0 Å². The normalized spacial score (nSPS) is 30.5. The first-order valence-electron chi connectivity index (χ1n) is 17.1. The maximum atomic E-state index is 14.1. The fraction of sp³-hybridized carbons (Fsp3) is 0.390. The summed E-state index contributed by atoms with van der Waals surface area (Å²) < 4.78 is 10.9. The van der Waals surface area contributed by atoms with Crippen LogP contribution in [0, 0.1) is 24.7 Å². The van der Waals surface area contributed by atoms with Gasteiger partial charge in [0.05, 0.1) is 43.7 Å². The van der Waals surface area contributed by atoms with Gasteiger partial charge in [-0.2, -0.15) is 0 Å². The fourth-order valence-electron chi connectivity index (χ4n) is 5.96. The molecule has 4 rings (SSSR count). The molecule has 0 spiro atoms. The lowest BCUT2D eigenvalue weighted by Crippen LogP contribution is -2.35. The standard InChI is InChI=1S/C41H49NO10/c1-22-13-11-9-10-12-14-32(46)42-35-38(49)29-20-27(6)40(51-7)34(33(29)39(50)41(35)52-8)37(48)26(5)19-25(4)36(47)24(3)16-18-28(43)17-15-23(2)31(45)21-30(22)44/h9-16,18-20,22,24-25,28,30,36,43-44,47H,17,21H2,1-8H3,(H,42,46)/b10-9+,13-11-,14-12-,18-16-,23-15-,26-19+/t22-,24-,25-,28-,30-,36-/m0/s1/i49+2,52+2. The van der Waals surface area contributed by atoms with Gasteiger partial charge in [0.15, 0.2) is 17.3 Å². The van der Waals surface area contributed by atoms with Crippen molar-refractivity contribution in [3.8, 4) is 5.75 Å². The highest BCUT2D eigenvalue weighted by molar-refractivity contribution is 6.31. The SMILES string of the molecule is COc1c(C)cc2c3c1C(=O)/C(C)=C/[C@H](C)[C@@H](O)[C@@H](C)/C=C\[C@@H](O)C/C=C(/C)C(=O)C[C@H](O)[C@@H](C)\C=C/C=C/C=C\C(=O)NC(=C([18O]C)C3=O)C2=[18O]. The van der Waals surface area contributed by atoms with E-state index in [9.17, 15) is 39.3 Å². The minimum absolute atomic E-state index is 0.0908. The maximum Gasteiger partial charge on any atom is 0.248 e. The number of methoxy groups -OCH3 is 2. The molecule has 0 radical (unpaired) electrons. The van der Waals surface area contributed by atoms with Gasteiger partial charge >= 0.3 is 0 Å². The van der Waals surface area contributed by atoms with E-state index in [0.717, 1.165) is 6.08 Å². The molecule has 3 aliphatic rings. The molecule has 0 unspecified atom stereocenters. The number of fused-ring (bicyclic) bond motifs is 18. The summed E-state index contributed by atoms with van der Waals surface area (Å²) in [4.78, 5) is 67.5. The smallest absolute Gasteiger partial charge is 0.248 e. The van der Waals surface area contributed by atoms with Crippen molar-refractivity contribution in [1.82, 2.24) is 5.32 Å². The topological polar surface area (TPSA) is 177 Å². The van der Waals surface area contributed by atoms with Crippen molar-refractivity contribution in [2.24, 2.45) is 17.8 Å². The van der Waals surface area contributed by atoms with Gasteiger partial charge in [0.2, 0.25) is 17.5 Å². The fourth-order valence-corrected chi connectivity index (χ4v) is 5.96. The van der Waals surface area contributed by atoms with Crippen LogP contribution in [-0.4, -0.2) is 76.9 Å². The number of nitrogens with one attached hydrogen (secondary N) is 1. The van der Waals surface area contributed by atoms with Gasteiger partial charge in [0.1, 0.15) is 11.4 Å². The molecule has 4 N–H and O–H groups in total. The number of ketones is 4. The molecule has 2 heterocycles. The van der Waals surface area contributed by atoms with Gasteiger partial charge in [-0.3, -0.25) is 24.0 Å². The molecule has 1 aromatic carbocycles. The highest BCUT2D eigenvalue weighted by Crippen LogP contribution is 2.37.